The molecule has 0 aromatic heterocycles. The van der Waals surface area contributed by atoms with Crippen molar-refractivity contribution in [2.45, 2.75) is 39.0 Å². The van der Waals surface area contributed by atoms with Crippen molar-refractivity contribution in [1.82, 2.24) is 9.80 Å². The number of nitrogens with zero attached hydrogens (tertiary/aromatic N) is 2. The van der Waals surface area contributed by atoms with Gasteiger partial charge in [-0.05, 0) is 29.4 Å². The van der Waals surface area contributed by atoms with Crippen LogP contribution in [0.5, 0.6) is 0 Å². The van der Waals surface area contributed by atoms with Crippen LogP contribution >= 0.6 is 0 Å². The van der Waals surface area contributed by atoms with E-state index in [1.807, 2.05) is 26.0 Å². The van der Waals surface area contributed by atoms with E-state index < -0.39 is 49.7 Å². The van der Waals surface area contributed by atoms with Crippen LogP contribution in [0.4, 0.5) is 13.6 Å². The van der Waals surface area contributed by atoms with Gasteiger partial charge < -0.3 is 0 Å². The predicted octanol–water partition coefficient (Wildman–Crippen LogP) is 4.30. The van der Waals surface area contributed by atoms with Gasteiger partial charge in [0.25, 0.3) is 0 Å². The minimum atomic E-state index is -1.68. The lowest BCUT2D eigenvalue weighted by atomic mass is 10.0. The second kappa shape index (κ2) is 10.3. The number of carbonyl (C=O) groups is 3. The zero-order valence-electron chi connectivity index (χ0n) is 17.4. The minimum Gasteiger partial charge on any atom is -0.274 e. The van der Waals surface area contributed by atoms with Gasteiger partial charge in [0.1, 0.15) is 18.8 Å². The molecule has 2 aliphatic carbocycles. The molecule has 0 radical (unpaired) electrons. The summed E-state index contributed by atoms with van der Waals surface area (Å²) in [7, 11) is 0. The Labute approximate surface area is 176 Å². The summed E-state index contributed by atoms with van der Waals surface area (Å²) >= 11 is 0. The number of amides is 4. The molecule has 1 heterocycles. The normalized spacial score (nSPS) is 25.0. The Bertz CT molecular complexity index is 815. The molecule has 162 valence electrons. The van der Waals surface area contributed by atoms with Crippen molar-refractivity contribution in [2.75, 3.05) is 13.1 Å². The first-order valence-electron chi connectivity index (χ1n) is 10.1. The third kappa shape index (κ3) is 5.20. The lowest BCUT2D eigenvalue weighted by molar-refractivity contribution is -0.143. The molecule has 30 heavy (non-hydrogen) atoms. The number of allylic oxidation sites excluding steroid dienone is 6. The third-order valence-electron chi connectivity index (χ3n) is 5.16. The van der Waals surface area contributed by atoms with Crippen molar-refractivity contribution in [1.29, 1.82) is 0 Å². The monoisotopic (exact) mass is 418 g/mol. The zero-order chi connectivity index (χ0) is 22.4. The van der Waals surface area contributed by atoms with E-state index in [2.05, 4.69) is 13.2 Å². The van der Waals surface area contributed by atoms with Gasteiger partial charge in [0, 0.05) is 0 Å². The van der Waals surface area contributed by atoms with Crippen LogP contribution in [-0.2, 0) is 9.59 Å². The topological polar surface area (TPSA) is 57.7 Å². The summed E-state index contributed by atoms with van der Waals surface area (Å²) in [5.74, 6) is -0.791. The van der Waals surface area contributed by atoms with Crippen LogP contribution in [0.15, 0.2) is 60.8 Å². The number of hydrogen-bond acceptors (Lipinski definition) is 3. The molecule has 0 aromatic rings. The predicted molar refractivity (Wildman–Crippen MR) is 112 cm³/mol. The van der Waals surface area contributed by atoms with Gasteiger partial charge in [0.2, 0.25) is 11.8 Å². The highest BCUT2D eigenvalue weighted by atomic mass is 19.1. The summed E-state index contributed by atoms with van der Waals surface area (Å²) in [5, 5.41) is 0. The molecule has 0 bridgehead atoms. The Balaban J connectivity index is 0.00000155. The van der Waals surface area contributed by atoms with Gasteiger partial charge in [-0.15, -0.1) is 0 Å². The lowest BCUT2D eigenvalue weighted by Gasteiger charge is -2.34. The van der Waals surface area contributed by atoms with Crippen LogP contribution in [-0.4, -0.2) is 53.1 Å². The summed E-state index contributed by atoms with van der Waals surface area (Å²) in [6.45, 7) is 9.89. The molecule has 5 nitrogen and oxygen atoms in total. The van der Waals surface area contributed by atoms with Crippen molar-refractivity contribution in [3.8, 4) is 0 Å². The fourth-order valence-electron chi connectivity index (χ4n) is 3.40. The molecule has 2 fully saturated rings. The zero-order valence-corrected chi connectivity index (χ0v) is 17.4. The summed E-state index contributed by atoms with van der Waals surface area (Å²) in [5.41, 5.74) is 0.577. The fourth-order valence-corrected chi connectivity index (χ4v) is 3.40. The van der Waals surface area contributed by atoms with Crippen LogP contribution < -0.4 is 0 Å². The number of rotatable bonds is 8. The van der Waals surface area contributed by atoms with Crippen LogP contribution in [0, 0.1) is 11.8 Å². The first kappa shape index (κ1) is 23.4. The Morgan fingerprint density at radius 2 is 1.77 bits per heavy atom. The first-order chi connectivity index (χ1) is 14.3. The van der Waals surface area contributed by atoms with Crippen molar-refractivity contribution in [2.24, 2.45) is 11.8 Å². The fraction of sp³-hybridized carbons (Fsp3) is 0.435. The van der Waals surface area contributed by atoms with E-state index in [0.29, 0.717) is 27.2 Å². The average Bonchev–Trinajstić information content (AvgIpc) is 3.52. The minimum absolute atomic E-state index is 0.152. The molecule has 3 rings (SSSR count). The molecular formula is C23H28F2N2O3. The van der Waals surface area contributed by atoms with E-state index in [1.165, 1.54) is 18.2 Å². The molecule has 1 aliphatic heterocycles. The molecule has 1 saturated carbocycles. The Kier molecular flexibility index (Phi) is 8.03. The van der Waals surface area contributed by atoms with Crippen molar-refractivity contribution >= 4 is 17.8 Å². The smallest absolute Gasteiger partial charge is 0.274 e. The van der Waals surface area contributed by atoms with Gasteiger partial charge in [0.05, 0.1) is 13.1 Å². The number of fused-ring (bicyclic) bond motifs is 1. The second-order valence-electron chi connectivity index (χ2n) is 7.10. The first-order valence-corrected chi connectivity index (χ1v) is 10.1. The van der Waals surface area contributed by atoms with Gasteiger partial charge >= 0.3 is 6.03 Å². The number of halogens is 2. The van der Waals surface area contributed by atoms with Gasteiger partial charge in [0.15, 0.2) is 0 Å². The summed E-state index contributed by atoms with van der Waals surface area (Å²) in [6, 6.07) is -1.00. The number of imide groups is 2. The number of hydrogen-bond donors (Lipinski definition) is 0. The van der Waals surface area contributed by atoms with Crippen LogP contribution in [0.2, 0.25) is 0 Å². The Morgan fingerprint density at radius 3 is 2.33 bits per heavy atom. The maximum atomic E-state index is 14.7. The number of urea groups is 1. The number of barbiturate groups is 1. The summed E-state index contributed by atoms with van der Waals surface area (Å²) < 4.78 is 29.2. The molecule has 7 heteroatoms. The molecule has 0 aromatic carbocycles. The van der Waals surface area contributed by atoms with Crippen molar-refractivity contribution in [3.05, 3.63) is 60.8 Å². The highest BCUT2D eigenvalue weighted by Crippen LogP contribution is 2.45. The van der Waals surface area contributed by atoms with Gasteiger partial charge in [-0.1, -0.05) is 63.5 Å². The van der Waals surface area contributed by atoms with E-state index >= 15 is 0 Å². The van der Waals surface area contributed by atoms with Gasteiger partial charge in [-0.3, -0.25) is 19.4 Å². The average molecular weight is 418 g/mol. The quantitative estimate of drug-likeness (QED) is 0.436. The van der Waals surface area contributed by atoms with Crippen LogP contribution in [0.25, 0.3) is 0 Å². The van der Waals surface area contributed by atoms with Crippen LogP contribution in [0.1, 0.15) is 26.7 Å². The van der Waals surface area contributed by atoms with E-state index in [0.717, 1.165) is 6.42 Å². The third-order valence-corrected chi connectivity index (χ3v) is 5.16. The summed E-state index contributed by atoms with van der Waals surface area (Å²) in [4.78, 5) is 38.2. The Hall–Kier alpha value is -2.83. The highest BCUT2D eigenvalue weighted by molar-refractivity contribution is 6.14. The SMILES string of the molecule is C=C/C=C(\C=C)C(F)CN1C(=O)CC(=O)N(CC(F)C2=CC3CC3C=C2)C1=O.CC. The van der Waals surface area contributed by atoms with Crippen molar-refractivity contribution in [3.63, 3.8) is 0 Å². The number of carbonyl (C=O) groups excluding carboxylic acids is 3. The summed E-state index contributed by atoms with van der Waals surface area (Å²) in [6.07, 6.45) is 6.59. The second-order valence-corrected chi connectivity index (χ2v) is 7.10. The number of alkyl halides is 2. The lowest BCUT2D eigenvalue weighted by Crippen LogP contribution is -2.57. The molecule has 0 N–H and O–H groups in total. The Morgan fingerprint density at radius 1 is 1.13 bits per heavy atom. The molecule has 4 unspecified atom stereocenters. The molecule has 3 aliphatic rings. The molecule has 1 saturated heterocycles. The maximum absolute atomic E-state index is 14.7. The van der Waals surface area contributed by atoms with E-state index in [4.69, 9.17) is 0 Å². The molecule has 4 atom stereocenters. The van der Waals surface area contributed by atoms with Crippen LogP contribution in [0.3, 0.4) is 0 Å². The van der Waals surface area contributed by atoms with E-state index in [-0.39, 0.29) is 5.57 Å². The largest absolute Gasteiger partial charge is 0.333 e. The molecular weight excluding hydrogens is 390 g/mol. The van der Waals surface area contributed by atoms with E-state index in [9.17, 15) is 23.2 Å². The molecule has 0 spiro atoms. The molecule has 4 amide bonds. The highest BCUT2D eigenvalue weighted by Gasteiger charge is 2.41. The maximum Gasteiger partial charge on any atom is 0.333 e. The standard InChI is InChI=1S/C21H22F2N2O3.C2H6/c1-3-5-13(4-2)17(22)11-24-19(26)10-20(27)25(21(24)28)12-18(23)15-7-6-14-8-16(14)9-15;1-2/h3-7,9,14,16-18H,1-2,8,10-12H2;1-2H3/b13-5+;. The van der Waals surface area contributed by atoms with Crippen molar-refractivity contribution < 1.29 is 23.2 Å². The van der Waals surface area contributed by atoms with Gasteiger partial charge in [-0.2, -0.15) is 0 Å². The van der Waals surface area contributed by atoms with E-state index in [1.54, 1.807) is 6.08 Å². The van der Waals surface area contributed by atoms with Gasteiger partial charge in [-0.25, -0.2) is 13.6 Å².